The second-order valence-electron chi connectivity index (χ2n) is 5.01. The average Bonchev–Trinajstić information content (AvgIpc) is 2.93. The Labute approximate surface area is 112 Å². The van der Waals surface area contributed by atoms with Gasteiger partial charge in [0, 0.05) is 16.4 Å². The summed E-state index contributed by atoms with van der Waals surface area (Å²) in [5, 5.41) is 1.17. The molecule has 18 heavy (non-hydrogen) atoms. The van der Waals surface area contributed by atoms with Gasteiger partial charge in [-0.3, -0.25) is 0 Å². The zero-order chi connectivity index (χ0) is 12.5. The lowest BCUT2D eigenvalue weighted by atomic mass is 10.0. The number of hydrogen-bond acceptors (Lipinski definition) is 3. The van der Waals surface area contributed by atoms with E-state index in [4.69, 9.17) is 10.7 Å². The lowest BCUT2D eigenvalue weighted by molar-refractivity contribution is 0.616. The van der Waals surface area contributed by atoms with Crippen LogP contribution in [0.4, 0.5) is 0 Å². The second-order valence-corrected chi connectivity index (χ2v) is 6.09. The van der Waals surface area contributed by atoms with Crippen molar-refractivity contribution in [3.63, 3.8) is 0 Å². The van der Waals surface area contributed by atoms with Crippen molar-refractivity contribution in [2.45, 2.75) is 32.1 Å². The summed E-state index contributed by atoms with van der Waals surface area (Å²) in [6, 6.07) is 8.64. The molecular formula is C15H18N2S. The molecule has 0 fully saturated rings. The zero-order valence-electron chi connectivity index (χ0n) is 10.6. The maximum atomic E-state index is 5.68. The lowest BCUT2D eigenvalue weighted by Crippen LogP contribution is -2.05. The number of nitrogens with two attached hydrogens (primary N) is 1. The summed E-state index contributed by atoms with van der Waals surface area (Å²) in [6.07, 6.45) is 3.49. The van der Waals surface area contributed by atoms with E-state index in [0.29, 0.717) is 5.92 Å². The molecule has 2 nitrogen and oxygen atoms in total. The van der Waals surface area contributed by atoms with E-state index in [1.165, 1.54) is 39.5 Å². The van der Waals surface area contributed by atoms with Crippen LogP contribution in [0.3, 0.4) is 0 Å². The van der Waals surface area contributed by atoms with Crippen molar-refractivity contribution >= 4 is 11.3 Å². The summed E-state index contributed by atoms with van der Waals surface area (Å²) >= 11 is 1.86. The maximum absolute atomic E-state index is 5.68. The third kappa shape index (κ3) is 2.08. The van der Waals surface area contributed by atoms with Crippen LogP contribution >= 0.6 is 11.3 Å². The fourth-order valence-electron chi connectivity index (χ4n) is 2.61. The zero-order valence-corrected chi connectivity index (χ0v) is 11.5. The molecule has 1 unspecified atom stereocenters. The molecule has 1 aliphatic carbocycles. The smallest absolute Gasteiger partial charge is 0.123 e. The molecule has 0 amide bonds. The maximum Gasteiger partial charge on any atom is 0.123 e. The van der Waals surface area contributed by atoms with Gasteiger partial charge in [0.05, 0.1) is 5.69 Å². The van der Waals surface area contributed by atoms with Gasteiger partial charge in [-0.25, -0.2) is 4.98 Å². The van der Waals surface area contributed by atoms with Gasteiger partial charge in [0.25, 0.3) is 0 Å². The van der Waals surface area contributed by atoms with E-state index in [0.717, 1.165) is 13.0 Å². The standard InChI is InChI=1S/C15H18N2S/c1-10-2-4-12(5-3-10)15-17-14-11(8-9-16)6-7-13(14)18-15/h2-5,11H,6-9,16H2,1H3. The first-order valence-electron chi connectivity index (χ1n) is 6.54. The minimum absolute atomic E-state index is 0.598. The number of hydrogen-bond donors (Lipinski definition) is 1. The van der Waals surface area contributed by atoms with Gasteiger partial charge in [-0.1, -0.05) is 29.8 Å². The van der Waals surface area contributed by atoms with Crippen LogP contribution in [0.15, 0.2) is 24.3 Å². The Hall–Kier alpha value is -1.19. The summed E-state index contributed by atoms with van der Waals surface area (Å²) in [6.45, 7) is 2.88. The van der Waals surface area contributed by atoms with Gasteiger partial charge in [0.2, 0.25) is 0 Å². The van der Waals surface area contributed by atoms with Crippen molar-refractivity contribution in [1.82, 2.24) is 4.98 Å². The fourth-order valence-corrected chi connectivity index (χ4v) is 3.77. The Bertz CT molecular complexity index is 542. The molecule has 0 aliphatic heterocycles. The van der Waals surface area contributed by atoms with Gasteiger partial charge in [0.1, 0.15) is 5.01 Å². The van der Waals surface area contributed by atoms with Gasteiger partial charge in [-0.05, 0) is 32.7 Å². The Morgan fingerprint density at radius 1 is 1.33 bits per heavy atom. The summed E-state index contributed by atoms with van der Waals surface area (Å²) in [5.41, 5.74) is 9.53. The topological polar surface area (TPSA) is 38.9 Å². The largest absolute Gasteiger partial charge is 0.330 e. The number of aryl methyl sites for hydroxylation is 2. The number of nitrogens with zero attached hydrogens (tertiary/aromatic N) is 1. The normalized spacial score (nSPS) is 18.0. The Kier molecular flexibility index (Phi) is 3.18. The first-order chi connectivity index (χ1) is 8.78. The highest BCUT2D eigenvalue weighted by Crippen LogP contribution is 2.40. The molecule has 0 radical (unpaired) electrons. The molecule has 0 saturated carbocycles. The molecular weight excluding hydrogens is 240 g/mol. The molecule has 1 aromatic heterocycles. The van der Waals surface area contributed by atoms with E-state index in [9.17, 15) is 0 Å². The molecule has 3 heteroatoms. The summed E-state index contributed by atoms with van der Waals surface area (Å²) in [4.78, 5) is 6.33. The van der Waals surface area contributed by atoms with Crippen LogP contribution in [-0.2, 0) is 6.42 Å². The number of fused-ring (bicyclic) bond motifs is 1. The molecule has 1 aromatic carbocycles. The van der Waals surface area contributed by atoms with E-state index < -0.39 is 0 Å². The summed E-state index contributed by atoms with van der Waals surface area (Å²) in [5.74, 6) is 0.598. The van der Waals surface area contributed by atoms with Crippen LogP contribution in [-0.4, -0.2) is 11.5 Å². The van der Waals surface area contributed by atoms with E-state index in [1.807, 2.05) is 11.3 Å². The molecule has 1 aliphatic rings. The Balaban J connectivity index is 1.92. The highest BCUT2D eigenvalue weighted by Gasteiger charge is 2.26. The Morgan fingerprint density at radius 3 is 2.83 bits per heavy atom. The van der Waals surface area contributed by atoms with Crippen LogP contribution < -0.4 is 5.73 Å². The minimum atomic E-state index is 0.598. The number of thiazole rings is 1. The molecule has 0 bridgehead atoms. The van der Waals surface area contributed by atoms with Crippen LogP contribution in [0.2, 0.25) is 0 Å². The van der Waals surface area contributed by atoms with Crippen LogP contribution in [0, 0.1) is 6.92 Å². The van der Waals surface area contributed by atoms with Gasteiger partial charge >= 0.3 is 0 Å². The van der Waals surface area contributed by atoms with Crippen molar-refractivity contribution in [2.75, 3.05) is 6.54 Å². The van der Waals surface area contributed by atoms with Crippen LogP contribution in [0.1, 0.15) is 34.9 Å². The predicted molar refractivity (Wildman–Crippen MR) is 77.0 cm³/mol. The third-order valence-electron chi connectivity index (χ3n) is 3.65. The lowest BCUT2D eigenvalue weighted by Gasteiger charge is -2.06. The van der Waals surface area contributed by atoms with Gasteiger partial charge < -0.3 is 5.73 Å². The first-order valence-corrected chi connectivity index (χ1v) is 7.36. The number of rotatable bonds is 3. The predicted octanol–water partition coefficient (Wildman–Crippen LogP) is 3.50. The highest BCUT2D eigenvalue weighted by molar-refractivity contribution is 7.15. The summed E-state index contributed by atoms with van der Waals surface area (Å²) in [7, 11) is 0. The molecule has 3 rings (SSSR count). The summed E-state index contributed by atoms with van der Waals surface area (Å²) < 4.78 is 0. The van der Waals surface area contributed by atoms with E-state index in [2.05, 4.69) is 31.2 Å². The average molecular weight is 258 g/mol. The minimum Gasteiger partial charge on any atom is -0.330 e. The van der Waals surface area contributed by atoms with E-state index in [1.54, 1.807) is 0 Å². The molecule has 94 valence electrons. The van der Waals surface area contributed by atoms with Crippen LogP contribution in [0.5, 0.6) is 0 Å². The highest BCUT2D eigenvalue weighted by atomic mass is 32.1. The van der Waals surface area contributed by atoms with Crippen molar-refractivity contribution in [2.24, 2.45) is 5.73 Å². The van der Waals surface area contributed by atoms with Gasteiger partial charge in [-0.15, -0.1) is 11.3 Å². The van der Waals surface area contributed by atoms with Crippen molar-refractivity contribution in [3.05, 3.63) is 40.4 Å². The van der Waals surface area contributed by atoms with Crippen molar-refractivity contribution in [3.8, 4) is 10.6 Å². The quantitative estimate of drug-likeness (QED) is 0.915. The molecule has 1 heterocycles. The molecule has 0 saturated heterocycles. The number of benzene rings is 1. The molecule has 0 spiro atoms. The molecule has 2 N–H and O–H groups in total. The fraction of sp³-hybridized carbons (Fsp3) is 0.400. The molecule has 2 aromatic rings. The van der Waals surface area contributed by atoms with Gasteiger partial charge in [0.15, 0.2) is 0 Å². The SMILES string of the molecule is Cc1ccc(-c2nc3c(s2)CCC3CCN)cc1. The first kappa shape index (κ1) is 11.9. The monoisotopic (exact) mass is 258 g/mol. The van der Waals surface area contributed by atoms with Crippen LogP contribution in [0.25, 0.3) is 10.6 Å². The Morgan fingerprint density at radius 2 is 2.11 bits per heavy atom. The van der Waals surface area contributed by atoms with E-state index in [-0.39, 0.29) is 0 Å². The molecule has 1 atom stereocenters. The third-order valence-corrected chi connectivity index (χ3v) is 4.83. The van der Waals surface area contributed by atoms with Crippen molar-refractivity contribution < 1.29 is 0 Å². The van der Waals surface area contributed by atoms with Crippen molar-refractivity contribution in [1.29, 1.82) is 0 Å². The van der Waals surface area contributed by atoms with Gasteiger partial charge in [-0.2, -0.15) is 0 Å². The van der Waals surface area contributed by atoms with E-state index >= 15 is 0 Å². The second kappa shape index (κ2) is 4.82. The number of aromatic nitrogens is 1.